The second kappa shape index (κ2) is 7.40. The van der Waals surface area contributed by atoms with E-state index in [0.29, 0.717) is 29.0 Å². The normalized spacial score (nSPS) is 21.8. The maximum Gasteiger partial charge on any atom is 0.270 e. The van der Waals surface area contributed by atoms with Crippen LogP contribution in [0.15, 0.2) is 54.1 Å². The van der Waals surface area contributed by atoms with Crippen molar-refractivity contribution in [2.75, 3.05) is 7.05 Å². The fraction of sp³-hybridized carbons (Fsp3) is 0.250. The van der Waals surface area contributed by atoms with Crippen LogP contribution in [-0.4, -0.2) is 17.8 Å². The number of hydrogen-bond acceptors (Lipinski definition) is 4. The molecule has 6 heteroatoms. The van der Waals surface area contributed by atoms with Crippen molar-refractivity contribution in [1.82, 2.24) is 5.32 Å². The van der Waals surface area contributed by atoms with E-state index in [2.05, 4.69) is 5.32 Å². The number of rotatable bonds is 4. The second-order valence-corrected chi connectivity index (χ2v) is 6.75. The fourth-order valence-electron chi connectivity index (χ4n) is 3.55. The summed E-state index contributed by atoms with van der Waals surface area (Å²) in [4.78, 5) is 23.9. The lowest BCUT2D eigenvalue weighted by Crippen LogP contribution is -2.50. The van der Waals surface area contributed by atoms with E-state index in [1.54, 1.807) is 31.3 Å². The molecule has 134 valence electrons. The molecule has 5 nitrogen and oxygen atoms in total. The number of likely N-dealkylation sites (N-methyl/N-ethyl adjacent to an activating group) is 1. The topological polar surface area (TPSA) is 72.2 Å². The van der Waals surface area contributed by atoms with Crippen LogP contribution in [0, 0.1) is 10.1 Å². The first-order chi connectivity index (χ1) is 12.5. The summed E-state index contributed by atoms with van der Waals surface area (Å²) >= 11 is 6.37. The molecule has 2 aromatic rings. The summed E-state index contributed by atoms with van der Waals surface area (Å²) in [7, 11) is 1.76. The van der Waals surface area contributed by atoms with Crippen molar-refractivity contribution < 1.29 is 9.72 Å². The van der Waals surface area contributed by atoms with Gasteiger partial charge in [-0.15, -0.1) is 0 Å². The molecular formula is C20H19ClN2O3. The number of nitro benzene ring substituents is 1. The Hall–Kier alpha value is -2.50. The maximum atomic E-state index is 13.3. The van der Waals surface area contributed by atoms with Gasteiger partial charge in [-0.3, -0.25) is 14.9 Å². The Morgan fingerprint density at radius 2 is 2.00 bits per heavy atom. The number of carbonyl (C=O) groups is 1. The highest BCUT2D eigenvalue weighted by Crippen LogP contribution is 2.40. The molecule has 0 bridgehead atoms. The lowest BCUT2D eigenvalue weighted by molar-refractivity contribution is -0.384. The summed E-state index contributed by atoms with van der Waals surface area (Å²) < 4.78 is 0. The highest BCUT2D eigenvalue weighted by molar-refractivity contribution is 6.32. The Morgan fingerprint density at radius 3 is 2.69 bits per heavy atom. The number of ketones is 1. The van der Waals surface area contributed by atoms with E-state index in [-0.39, 0.29) is 11.5 Å². The van der Waals surface area contributed by atoms with Crippen molar-refractivity contribution >= 4 is 29.1 Å². The van der Waals surface area contributed by atoms with Crippen LogP contribution < -0.4 is 5.32 Å². The van der Waals surface area contributed by atoms with Gasteiger partial charge in [0.2, 0.25) is 0 Å². The summed E-state index contributed by atoms with van der Waals surface area (Å²) in [6.07, 6.45) is 3.85. The predicted molar refractivity (Wildman–Crippen MR) is 102 cm³/mol. The zero-order valence-corrected chi connectivity index (χ0v) is 15.1. The number of nitrogens with one attached hydrogen (secondary N) is 1. The molecule has 0 radical (unpaired) electrons. The first-order valence-corrected chi connectivity index (χ1v) is 8.79. The highest BCUT2D eigenvalue weighted by atomic mass is 35.5. The Balaban J connectivity index is 2.03. The summed E-state index contributed by atoms with van der Waals surface area (Å²) in [6, 6.07) is 13.6. The lowest BCUT2D eigenvalue weighted by Gasteiger charge is -2.37. The van der Waals surface area contributed by atoms with Crippen molar-refractivity contribution in [2.24, 2.45) is 0 Å². The van der Waals surface area contributed by atoms with Crippen LogP contribution in [-0.2, 0) is 10.3 Å². The van der Waals surface area contributed by atoms with E-state index >= 15 is 0 Å². The lowest BCUT2D eigenvalue weighted by atomic mass is 9.73. The molecule has 1 aliphatic rings. The number of benzene rings is 2. The first-order valence-electron chi connectivity index (χ1n) is 8.42. The minimum Gasteiger partial charge on any atom is -0.304 e. The van der Waals surface area contributed by atoms with Crippen molar-refractivity contribution in [2.45, 2.75) is 24.8 Å². The molecule has 1 aliphatic carbocycles. The summed E-state index contributed by atoms with van der Waals surface area (Å²) in [5.74, 6) is -0.0362. The van der Waals surface area contributed by atoms with Crippen LogP contribution in [0.2, 0.25) is 5.02 Å². The summed E-state index contributed by atoms with van der Waals surface area (Å²) in [5.41, 5.74) is 1.19. The van der Waals surface area contributed by atoms with Gasteiger partial charge in [-0.25, -0.2) is 0 Å². The number of non-ortho nitro benzene ring substituents is 1. The average molecular weight is 371 g/mol. The molecule has 1 saturated carbocycles. The minimum absolute atomic E-state index is 0.00796. The van der Waals surface area contributed by atoms with Gasteiger partial charge in [-0.05, 0) is 55.2 Å². The first kappa shape index (κ1) is 18.3. The van der Waals surface area contributed by atoms with Gasteiger partial charge in [0.25, 0.3) is 5.69 Å². The van der Waals surface area contributed by atoms with E-state index in [4.69, 9.17) is 11.6 Å². The van der Waals surface area contributed by atoms with Gasteiger partial charge in [0.05, 0.1) is 4.92 Å². The number of hydrogen-bond donors (Lipinski definition) is 1. The van der Waals surface area contributed by atoms with E-state index in [1.807, 2.05) is 18.2 Å². The molecule has 1 fully saturated rings. The van der Waals surface area contributed by atoms with Crippen LogP contribution in [0.1, 0.15) is 30.4 Å². The van der Waals surface area contributed by atoms with Crippen molar-refractivity contribution in [3.63, 3.8) is 0 Å². The van der Waals surface area contributed by atoms with Crippen LogP contribution in [0.5, 0.6) is 0 Å². The van der Waals surface area contributed by atoms with E-state index in [0.717, 1.165) is 12.0 Å². The van der Waals surface area contributed by atoms with Crippen molar-refractivity contribution in [1.29, 1.82) is 0 Å². The Bertz CT molecular complexity index is 894. The predicted octanol–water partition coefficient (Wildman–Crippen LogP) is 4.50. The van der Waals surface area contributed by atoms with Gasteiger partial charge >= 0.3 is 0 Å². The average Bonchev–Trinajstić information content (AvgIpc) is 2.64. The third-order valence-corrected chi connectivity index (χ3v) is 5.19. The van der Waals surface area contributed by atoms with E-state index in [1.165, 1.54) is 12.1 Å². The smallest absolute Gasteiger partial charge is 0.270 e. The zero-order valence-electron chi connectivity index (χ0n) is 14.4. The number of nitro groups is 1. The Kier molecular flexibility index (Phi) is 5.20. The molecule has 0 aliphatic heterocycles. The second-order valence-electron chi connectivity index (χ2n) is 6.34. The third kappa shape index (κ3) is 3.28. The van der Waals surface area contributed by atoms with Crippen LogP contribution in [0.25, 0.3) is 6.08 Å². The molecule has 0 amide bonds. The van der Waals surface area contributed by atoms with Gasteiger partial charge in [0.1, 0.15) is 5.54 Å². The van der Waals surface area contributed by atoms with Crippen LogP contribution in [0.4, 0.5) is 5.69 Å². The number of carbonyl (C=O) groups excluding carboxylic acids is 1. The molecule has 0 aromatic heterocycles. The van der Waals surface area contributed by atoms with Crippen LogP contribution in [0.3, 0.4) is 0 Å². The van der Waals surface area contributed by atoms with Gasteiger partial charge in [0, 0.05) is 17.2 Å². The monoisotopic (exact) mass is 370 g/mol. The molecule has 2 aromatic carbocycles. The molecule has 26 heavy (non-hydrogen) atoms. The number of halogens is 1. The minimum atomic E-state index is -0.872. The van der Waals surface area contributed by atoms with Gasteiger partial charge < -0.3 is 5.32 Å². The molecule has 3 rings (SSSR count). The third-order valence-electron chi connectivity index (χ3n) is 4.86. The molecule has 0 heterocycles. The molecule has 1 N–H and O–H groups in total. The standard InChI is InChI=1S/C20H19ClN2O3/c1-22-20(17-9-2-3-10-18(17)21)11-5-7-15(19(20)24)12-14-6-4-8-16(13-14)23(25)26/h2-4,6,8-10,12-13,22H,5,7,11H2,1H3/b15-12+/t20-/m0/s1. The maximum absolute atomic E-state index is 13.3. The molecule has 0 spiro atoms. The van der Waals surface area contributed by atoms with Crippen LogP contribution >= 0.6 is 11.6 Å². The van der Waals surface area contributed by atoms with Gasteiger partial charge in [0.15, 0.2) is 5.78 Å². The largest absolute Gasteiger partial charge is 0.304 e. The fourth-order valence-corrected chi connectivity index (χ4v) is 3.85. The Labute approximate surface area is 156 Å². The molecule has 0 unspecified atom stereocenters. The van der Waals surface area contributed by atoms with Gasteiger partial charge in [-0.2, -0.15) is 0 Å². The van der Waals surface area contributed by atoms with E-state index in [9.17, 15) is 14.9 Å². The summed E-state index contributed by atoms with van der Waals surface area (Å²) in [5, 5.41) is 14.7. The Morgan fingerprint density at radius 1 is 1.23 bits per heavy atom. The molecule has 0 saturated heterocycles. The highest BCUT2D eigenvalue weighted by Gasteiger charge is 2.43. The SMILES string of the molecule is CN[C@]1(c2ccccc2Cl)CCC/C(=C\c2cccc([N+](=O)[O-])c2)C1=O. The quantitative estimate of drug-likeness (QED) is 0.488. The van der Waals surface area contributed by atoms with Crippen molar-refractivity contribution in [3.8, 4) is 0 Å². The molecule has 1 atom stereocenters. The van der Waals surface area contributed by atoms with E-state index < -0.39 is 10.5 Å². The number of Topliss-reactive ketones (excluding diaryl/α,β-unsaturated/α-hetero) is 1. The summed E-state index contributed by atoms with van der Waals surface area (Å²) in [6.45, 7) is 0. The molecular weight excluding hydrogens is 352 g/mol. The van der Waals surface area contributed by atoms with Gasteiger partial charge in [-0.1, -0.05) is 41.9 Å². The van der Waals surface area contributed by atoms with Crippen molar-refractivity contribution in [3.05, 3.63) is 80.4 Å². The zero-order chi connectivity index (χ0) is 18.7. The number of nitrogens with zero attached hydrogens (tertiary/aromatic N) is 1.